The van der Waals surface area contributed by atoms with Gasteiger partial charge in [-0.15, -0.1) is 13.2 Å². The molecule has 0 radical (unpaired) electrons. The monoisotopic (exact) mass is 314 g/mol. The molecule has 0 atom stereocenters. The van der Waals surface area contributed by atoms with Gasteiger partial charge in [-0.05, 0) is 37.1 Å². The maximum atomic E-state index is 12.0. The quantitative estimate of drug-likeness (QED) is 0.833. The van der Waals surface area contributed by atoms with Gasteiger partial charge in [0.25, 0.3) is 5.91 Å². The molecule has 5 nitrogen and oxygen atoms in total. The Labute approximate surface area is 124 Å². The van der Waals surface area contributed by atoms with Crippen LogP contribution in [0.1, 0.15) is 22.3 Å². The Hall–Kier alpha value is -2.51. The van der Waals surface area contributed by atoms with Crippen LogP contribution >= 0.6 is 0 Å². The van der Waals surface area contributed by atoms with E-state index in [1.165, 1.54) is 18.4 Å². The van der Waals surface area contributed by atoms with Gasteiger partial charge in [-0.3, -0.25) is 4.79 Å². The lowest BCUT2D eigenvalue weighted by Crippen LogP contribution is -2.24. The van der Waals surface area contributed by atoms with Crippen molar-refractivity contribution in [3.63, 3.8) is 0 Å². The second-order valence-corrected chi connectivity index (χ2v) is 4.46. The van der Waals surface area contributed by atoms with Crippen molar-refractivity contribution in [1.82, 2.24) is 10.5 Å². The van der Waals surface area contributed by atoms with Gasteiger partial charge in [0.15, 0.2) is 0 Å². The van der Waals surface area contributed by atoms with Crippen molar-refractivity contribution in [3.05, 3.63) is 47.9 Å². The first-order valence-electron chi connectivity index (χ1n) is 6.46. The summed E-state index contributed by atoms with van der Waals surface area (Å²) in [5.41, 5.74) is 1.20. The molecule has 0 aliphatic carbocycles. The number of ether oxygens (including phenoxy) is 1. The zero-order valence-electron chi connectivity index (χ0n) is 11.4. The van der Waals surface area contributed by atoms with Crippen LogP contribution in [0, 0.1) is 0 Å². The number of aromatic nitrogens is 1. The smallest absolute Gasteiger partial charge is 0.406 e. The van der Waals surface area contributed by atoms with Gasteiger partial charge in [-0.1, -0.05) is 5.16 Å². The lowest BCUT2D eigenvalue weighted by Gasteiger charge is -2.09. The molecule has 1 aromatic carbocycles. The topological polar surface area (TPSA) is 64.4 Å². The normalized spacial score (nSPS) is 11.2. The van der Waals surface area contributed by atoms with Gasteiger partial charge in [0, 0.05) is 17.7 Å². The molecule has 1 heterocycles. The molecule has 0 aliphatic heterocycles. The number of benzene rings is 1. The standard InChI is InChI=1S/C14H13F3N2O3/c15-14(16,17)22-12-5-3-11(4-6-12)13(20)18-7-1-2-10-8-19-21-9-10/h3-6,8-9H,1-2,7H2,(H,18,20). The number of hydrogen-bond donors (Lipinski definition) is 1. The third-order valence-electron chi connectivity index (χ3n) is 2.76. The number of nitrogens with one attached hydrogen (secondary N) is 1. The molecule has 0 fully saturated rings. The number of alkyl halides is 3. The summed E-state index contributed by atoms with van der Waals surface area (Å²) in [5.74, 6) is -0.722. The van der Waals surface area contributed by atoms with E-state index in [9.17, 15) is 18.0 Å². The number of hydrogen-bond acceptors (Lipinski definition) is 4. The second-order valence-electron chi connectivity index (χ2n) is 4.46. The van der Waals surface area contributed by atoms with Crippen LogP contribution in [0.2, 0.25) is 0 Å². The third kappa shape index (κ3) is 5.12. The molecule has 8 heteroatoms. The van der Waals surface area contributed by atoms with E-state index in [1.54, 1.807) is 6.20 Å². The summed E-state index contributed by atoms with van der Waals surface area (Å²) in [5, 5.41) is 6.24. The van der Waals surface area contributed by atoms with Crippen molar-refractivity contribution >= 4 is 5.91 Å². The van der Waals surface area contributed by atoms with E-state index in [-0.39, 0.29) is 17.2 Å². The van der Waals surface area contributed by atoms with Gasteiger partial charge in [-0.25, -0.2) is 0 Å². The molecule has 0 spiro atoms. The second kappa shape index (κ2) is 6.97. The summed E-state index contributed by atoms with van der Waals surface area (Å²) in [6.07, 6.45) is -0.210. The Morgan fingerprint density at radius 2 is 2.00 bits per heavy atom. The Kier molecular flexibility index (Phi) is 5.03. The Morgan fingerprint density at radius 3 is 2.59 bits per heavy atom. The van der Waals surface area contributed by atoms with Crippen LogP contribution in [0.15, 0.2) is 41.2 Å². The Balaban J connectivity index is 1.77. The summed E-state index contributed by atoms with van der Waals surface area (Å²) < 4.78 is 44.4. The van der Waals surface area contributed by atoms with E-state index in [0.717, 1.165) is 17.7 Å². The molecule has 0 unspecified atom stereocenters. The first-order valence-corrected chi connectivity index (χ1v) is 6.46. The molecular weight excluding hydrogens is 301 g/mol. The molecule has 0 saturated heterocycles. The maximum Gasteiger partial charge on any atom is 0.573 e. The molecule has 2 aromatic rings. The molecule has 0 bridgehead atoms. The van der Waals surface area contributed by atoms with Crippen molar-refractivity contribution in [1.29, 1.82) is 0 Å². The zero-order chi connectivity index (χ0) is 16.0. The highest BCUT2D eigenvalue weighted by atomic mass is 19.4. The highest BCUT2D eigenvalue weighted by Gasteiger charge is 2.31. The number of carbonyl (C=O) groups is 1. The minimum Gasteiger partial charge on any atom is -0.406 e. The van der Waals surface area contributed by atoms with Gasteiger partial charge in [-0.2, -0.15) is 0 Å². The van der Waals surface area contributed by atoms with E-state index >= 15 is 0 Å². The van der Waals surface area contributed by atoms with E-state index in [2.05, 4.69) is 19.7 Å². The number of rotatable bonds is 6. The van der Waals surface area contributed by atoms with Crippen molar-refractivity contribution in [2.24, 2.45) is 0 Å². The van der Waals surface area contributed by atoms with Crippen LogP contribution in [0.4, 0.5) is 13.2 Å². The summed E-state index contributed by atoms with van der Waals surface area (Å²) in [4.78, 5) is 11.8. The fourth-order valence-electron chi connectivity index (χ4n) is 1.75. The highest BCUT2D eigenvalue weighted by molar-refractivity contribution is 5.94. The van der Waals surface area contributed by atoms with Crippen LogP contribution < -0.4 is 10.1 Å². The third-order valence-corrected chi connectivity index (χ3v) is 2.76. The SMILES string of the molecule is O=C(NCCCc1cnoc1)c1ccc(OC(F)(F)F)cc1. The predicted octanol–water partition coefficient (Wildman–Crippen LogP) is 2.94. The van der Waals surface area contributed by atoms with Gasteiger partial charge < -0.3 is 14.6 Å². The van der Waals surface area contributed by atoms with Crippen LogP contribution in [0.25, 0.3) is 0 Å². The predicted molar refractivity (Wildman–Crippen MR) is 70.3 cm³/mol. The Morgan fingerprint density at radius 1 is 1.27 bits per heavy atom. The van der Waals surface area contributed by atoms with Crippen LogP contribution in [-0.2, 0) is 6.42 Å². The molecule has 1 amide bonds. The van der Waals surface area contributed by atoms with Crippen LogP contribution in [-0.4, -0.2) is 24.0 Å². The molecule has 0 saturated carbocycles. The van der Waals surface area contributed by atoms with Crippen LogP contribution in [0.3, 0.4) is 0 Å². The summed E-state index contributed by atoms with van der Waals surface area (Å²) in [6, 6.07) is 4.74. The minimum absolute atomic E-state index is 0.263. The van der Waals surface area contributed by atoms with Crippen molar-refractivity contribution < 1.29 is 27.2 Å². The number of nitrogens with zero attached hydrogens (tertiary/aromatic N) is 1. The van der Waals surface area contributed by atoms with Crippen molar-refractivity contribution in [2.75, 3.05) is 6.54 Å². The van der Waals surface area contributed by atoms with Gasteiger partial charge >= 0.3 is 6.36 Å². The molecular formula is C14H13F3N2O3. The number of halogens is 3. The van der Waals surface area contributed by atoms with E-state index < -0.39 is 6.36 Å². The number of aryl methyl sites for hydroxylation is 1. The molecule has 1 aromatic heterocycles. The zero-order valence-corrected chi connectivity index (χ0v) is 11.4. The van der Waals surface area contributed by atoms with Gasteiger partial charge in [0.2, 0.25) is 0 Å². The van der Waals surface area contributed by atoms with Crippen LogP contribution in [0.5, 0.6) is 5.75 Å². The first kappa shape index (κ1) is 15.9. The average Bonchev–Trinajstić information content (AvgIpc) is 2.95. The fraction of sp³-hybridized carbons (Fsp3) is 0.286. The molecule has 0 aliphatic rings. The number of amides is 1. The summed E-state index contributed by atoms with van der Waals surface area (Å²) in [7, 11) is 0. The largest absolute Gasteiger partial charge is 0.573 e. The minimum atomic E-state index is -4.74. The van der Waals surface area contributed by atoms with Crippen molar-refractivity contribution in [3.8, 4) is 5.75 Å². The summed E-state index contributed by atoms with van der Waals surface area (Å²) in [6.45, 7) is 0.435. The van der Waals surface area contributed by atoms with E-state index in [1.807, 2.05) is 0 Å². The average molecular weight is 314 g/mol. The molecule has 1 N–H and O–H groups in total. The van der Waals surface area contributed by atoms with Crippen molar-refractivity contribution in [2.45, 2.75) is 19.2 Å². The van der Waals surface area contributed by atoms with Gasteiger partial charge in [0.1, 0.15) is 12.0 Å². The lowest BCUT2D eigenvalue weighted by atomic mass is 10.2. The molecule has 22 heavy (non-hydrogen) atoms. The van der Waals surface area contributed by atoms with Gasteiger partial charge in [0.05, 0.1) is 6.20 Å². The summed E-state index contributed by atoms with van der Waals surface area (Å²) >= 11 is 0. The fourth-order valence-corrected chi connectivity index (χ4v) is 1.75. The maximum absolute atomic E-state index is 12.0. The molecule has 2 rings (SSSR count). The first-order chi connectivity index (χ1) is 10.4. The highest BCUT2D eigenvalue weighted by Crippen LogP contribution is 2.22. The van der Waals surface area contributed by atoms with E-state index in [4.69, 9.17) is 0 Å². The molecule has 118 valence electrons. The lowest BCUT2D eigenvalue weighted by molar-refractivity contribution is -0.274. The van der Waals surface area contributed by atoms with E-state index in [0.29, 0.717) is 19.4 Å². The number of carbonyl (C=O) groups excluding carboxylic acids is 1. The Bertz CT molecular complexity index is 595.